The van der Waals surface area contributed by atoms with E-state index in [1.807, 2.05) is 6.20 Å². The Labute approximate surface area is 71.5 Å². The van der Waals surface area contributed by atoms with Gasteiger partial charge in [-0.1, -0.05) is 0 Å². The van der Waals surface area contributed by atoms with Gasteiger partial charge >= 0.3 is 0 Å². The zero-order valence-electron chi connectivity index (χ0n) is 6.49. The second kappa shape index (κ2) is 3.35. The van der Waals surface area contributed by atoms with Crippen LogP contribution < -0.4 is 0 Å². The van der Waals surface area contributed by atoms with Gasteiger partial charge in [-0.05, 0) is 32.1 Å². The molecule has 2 rings (SSSR count). The second-order valence-electron chi connectivity index (χ2n) is 3.01. The summed E-state index contributed by atoms with van der Waals surface area (Å²) in [6.45, 7) is 0. The van der Waals surface area contributed by atoms with Gasteiger partial charge in [0.05, 0.1) is 5.01 Å². The van der Waals surface area contributed by atoms with Crippen LogP contribution >= 0.6 is 11.3 Å². The fourth-order valence-electron chi connectivity index (χ4n) is 1.61. The average molecular weight is 166 g/mol. The average Bonchev–Trinajstić information content (AvgIpc) is 2.58. The van der Waals surface area contributed by atoms with E-state index in [9.17, 15) is 0 Å². The first kappa shape index (κ1) is 7.29. The maximum Gasteiger partial charge on any atom is 0.0955 e. The molecule has 0 amide bonds. The number of hydrogen-bond donors (Lipinski definition) is 0. The molecule has 0 saturated heterocycles. The molecule has 1 heterocycles. The van der Waals surface area contributed by atoms with E-state index in [0.29, 0.717) is 0 Å². The summed E-state index contributed by atoms with van der Waals surface area (Å²) in [6, 6.07) is 0. The Balaban J connectivity index is 2.04. The molecule has 1 saturated carbocycles. The van der Waals surface area contributed by atoms with E-state index in [2.05, 4.69) is 16.8 Å². The molecular formula is C9H12NS. The summed E-state index contributed by atoms with van der Waals surface area (Å²) in [7, 11) is 0. The standard InChI is InChI=1S/C9H12NS/c1-2-4-8(5-3-1)9-10-6-7-11-9/h1,6-8H,2-5H2. The summed E-state index contributed by atoms with van der Waals surface area (Å²) in [6.07, 6.45) is 9.50. The molecule has 1 aromatic heterocycles. The third kappa shape index (κ3) is 1.62. The summed E-state index contributed by atoms with van der Waals surface area (Å²) < 4.78 is 0. The van der Waals surface area contributed by atoms with Crippen LogP contribution in [0.3, 0.4) is 0 Å². The molecule has 0 aromatic carbocycles. The molecular weight excluding hydrogens is 154 g/mol. The largest absolute Gasteiger partial charge is 0.249 e. The lowest BCUT2D eigenvalue weighted by atomic mass is 9.90. The number of aromatic nitrogens is 1. The van der Waals surface area contributed by atoms with Crippen molar-refractivity contribution in [2.24, 2.45) is 0 Å². The van der Waals surface area contributed by atoms with Gasteiger partial charge in [0, 0.05) is 17.5 Å². The van der Waals surface area contributed by atoms with Crippen molar-refractivity contribution in [2.45, 2.75) is 31.6 Å². The Morgan fingerprint density at radius 2 is 2.18 bits per heavy atom. The van der Waals surface area contributed by atoms with Gasteiger partial charge in [0.25, 0.3) is 0 Å². The van der Waals surface area contributed by atoms with Crippen molar-refractivity contribution in [2.75, 3.05) is 0 Å². The van der Waals surface area contributed by atoms with Gasteiger partial charge < -0.3 is 0 Å². The van der Waals surface area contributed by atoms with Crippen LogP contribution in [0.4, 0.5) is 0 Å². The zero-order chi connectivity index (χ0) is 7.52. The topological polar surface area (TPSA) is 12.9 Å². The smallest absolute Gasteiger partial charge is 0.0955 e. The highest BCUT2D eigenvalue weighted by atomic mass is 32.1. The molecule has 59 valence electrons. The maximum atomic E-state index is 4.34. The first-order chi connectivity index (χ1) is 5.47. The predicted octanol–water partition coefficient (Wildman–Crippen LogP) is 3.00. The molecule has 0 spiro atoms. The normalized spacial score (nSPS) is 20.4. The van der Waals surface area contributed by atoms with Crippen LogP contribution in [-0.4, -0.2) is 4.98 Å². The van der Waals surface area contributed by atoms with Crippen LogP contribution in [0.15, 0.2) is 11.6 Å². The highest BCUT2D eigenvalue weighted by Crippen LogP contribution is 2.32. The molecule has 1 aliphatic carbocycles. The van der Waals surface area contributed by atoms with Crippen LogP contribution in [0.1, 0.15) is 36.6 Å². The molecule has 0 N–H and O–H groups in total. The van der Waals surface area contributed by atoms with E-state index < -0.39 is 0 Å². The van der Waals surface area contributed by atoms with E-state index in [1.54, 1.807) is 11.3 Å². The molecule has 1 radical (unpaired) electrons. The fraction of sp³-hybridized carbons (Fsp3) is 0.556. The molecule has 0 aliphatic heterocycles. The lowest BCUT2D eigenvalue weighted by Crippen LogP contribution is -2.03. The molecule has 0 atom stereocenters. The SMILES string of the molecule is [CH]1CCC(c2nccs2)CC1. The molecule has 1 nitrogen and oxygen atoms in total. The Hall–Kier alpha value is -0.370. The van der Waals surface area contributed by atoms with Crippen molar-refractivity contribution in [3.8, 4) is 0 Å². The minimum atomic E-state index is 0.764. The number of hydrogen-bond acceptors (Lipinski definition) is 2. The molecule has 0 bridgehead atoms. The van der Waals surface area contributed by atoms with E-state index in [-0.39, 0.29) is 0 Å². The number of thiazole rings is 1. The highest BCUT2D eigenvalue weighted by molar-refractivity contribution is 7.09. The van der Waals surface area contributed by atoms with E-state index in [0.717, 1.165) is 5.92 Å². The predicted molar refractivity (Wildman–Crippen MR) is 47.6 cm³/mol. The zero-order valence-corrected chi connectivity index (χ0v) is 7.31. The van der Waals surface area contributed by atoms with E-state index >= 15 is 0 Å². The Morgan fingerprint density at radius 3 is 2.82 bits per heavy atom. The van der Waals surface area contributed by atoms with Crippen LogP contribution in [0.2, 0.25) is 0 Å². The van der Waals surface area contributed by atoms with Crippen molar-refractivity contribution < 1.29 is 0 Å². The van der Waals surface area contributed by atoms with Crippen LogP contribution in [0, 0.1) is 6.42 Å². The van der Waals surface area contributed by atoms with Crippen molar-refractivity contribution in [1.29, 1.82) is 0 Å². The summed E-state index contributed by atoms with van der Waals surface area (Å²) in [5, 5.41) is 3.42. The van der Waals surface area contributed by atoms with Gasteiger partial charge in [-0.2, -0.15) is 0 Å². The minimum Gasteiger partial charge on any atom is -0.249 e. The van der Waals surface area contributed by atoms with Gasteiger partial charge in [-0.3, -0.25) is 0 Å². The molecule has 11 heavy (non-hydrogen) atoms. The van der Waals surface area contributed by atoms with Crippen molar-refractivity contribution in [3.63, 3.8) is 0 Å². The van der Waals surface area contributed by atoms with Gasteiger partial charge in [-0.25, -0.2) is 4.98 Å². The Morgan fingerprint density at radius 1 is 1.36 bits per heavy atom. The van der Waals surface area contributed by atoms with E-state index in [1.165, 1.54) is 30.7 Å². The first-order valence-electron chi connectivity index (χ1n) is 4.18. The van der Waals surface area contributed by atoms with Crippen molar-refractivity contribution in [1.82, 2.24) is 4.98 Å². The minimum absolute atomic E-state index is 0.764. The van der Waals surface area contributed by atoms with Crippen LogP contribution in [0.25, 0.3) is 0 Å². The molecule has 1 aromatic rings. The van der Waals surface area contributed by atoms with Crippen LogP contribution in [0.5, 0.6) is 0 Å². The summed E-state index contributed by atoms with van der Waals surface area (Å²) in [5.74, 6) is 0.764. The lowest BCUT2D eigenvalue weighted by molar-refractivity contribution is 0.510. The third-order valence-corrected chi connectivity index (χ3v) is 3.18. The fourth-order valence-corrected chi connectivity index (χ4v) is 2.42. The van der Waals surface area contributed by atoms with Gasteiger partial charge in [0.2, 0.25) is 0 Å². The van der Waals surface area contributed by atoms with Crippen molar-refractivity contribution >= 4 is 11.3 Å². The van der Waals surface area contributed by atoms with Gasteiger partial charge in [0.1, 0.15) is 0 Å². The quantitative estimate of drug-likeness (QED) is 0.625. The van der Waals surface area contributed by atoms with Crippen LogP contribution in [-0.2, 0) is 0 Å². The summed E-state index contributed by atoms with van der Waals surface area (Å²) in [5.41, 5.74) is 0. The van der Waals surface area contributed by atoms with E-state index in [4.69, 9.17) is 0 Å². The third-order valence-electron chi connectivity index (χ3n) is 2.24. The summed E-state index contributed by atoms with van der Waals surface area (Å²) >= 11 is 1.80. The monoisotopic (exact) mass is 166 g/mol. The highest BCUT2D eigenvalue weighted by Gasteiger charge is 2.16. The Kier molecular flexibility index (Phi) is 2.22. The maximum absolute atomic E-state index is 4.34. The lowest BCUT2D eigenvalue weighted by Gasteiger charge is -2.18. The first-order valence-corrected chi connectivity index (χ1v) is 5.06. The second-order valence-corrected chi connectivity index (χ2v) is 3.94. The molecule has 0 unspecified atom stereocenters. The molecule has 2 heteroatoms. The van der Waals surface area contributed by atoms with Gasteiger partial charge in [-0.15, -0.1) is 11.3 Å². The van der Waals surface area contributed by atoms with Crippen molar-refractivity contribution in [3.05, 3.63) is 23.0 Å². The van der Waals surface area contributed by atoms with Gasteiger partial charge in [0.15, 0.2) is 0 Å². The number of rotatable bonds is 1. The number of nitrogens with zero attached hydrogens (tertiary/aromatic N) is 1. The Bertz CT molecular complexity index is 199. The molecule has 1 fully saturated rings. The molecule has 1 aliphatic rings. The summed E-state index contributed by atoms with van der Waals surface area (Å²) in [4.78, 5) is 4.34.